The van der Waals surface area contributed by atoms with E-state index in [9.17, 15) is 9.59 Å². The fraction of sp³-hybridized carbons (Fsp3) is 0.357. The van der Waals surface area contributed by atoms with Crippen molar-refractivity contribution in [3.63, 3.8) is 0 Å². The normalized spacial score (nSPS) is 11.6. The first kappa shape index (κ1) is 27.6. The van der Waals surface area contributed by atoms with Crippen LogP contribution in [-0.4, -0.2) is 55.0 Å². The lowest BCUT2D eigenvalue weighted by atomic mass is 10.1. The summed E-state index contributed by atoms with van der Waals surface area (Å²) in [5.74, 6) is 1.02. The van der Waals surface area contributed by atoms with E-state index in [1.165, 1.54) is 0 Å². The SMILES string of the molecule is CCC(C)N(CC(=O)N(CCc1ccc(OC)c(OC)c1)Cc1cccs1)C(=O)c1cccc(Cl)c1. The van der Waals surface area contributed by atoms with Crippen LogP contribution in [0.15, 0.2) is 60.0 Å². The highest BCUT2D eigenvalue weighted by atomic mass is 35.5. The molecule has 0 N–H and O–H groups in total. The molecule has 1 unspecified atom stereocenters. The van der Waals surface area contributed by atoms with Gasteiger partial charge >= 0.3 is 0 Å². The Kier molecular flexibility index (Phi) is 10.2. The molecule has 36 heavy (non-hydrogen) atoms. The Bertz CT molecular complexity index is 1150. The Hall–Kier alpha value is -3.03. The molecule has 0 aliphatic rings. The number of benzene rings is 2. The fourth-order valence-electron chi connectivity index (χ4n) is 3.86. The zero-order chi connectivity index (χ0) is 26.1. The smallest absolute Gasteiger partial charge is 0.254 e. The van der Waals surface area contributed by atoms with Gasteiger partial charge < -0.3 is 19.3 Å². The van der Waals surface area contributed by atoms with Crippen LogP contribution in [0, 0.1) is 0 Å². The van der Waals surface area contributed by atoms with E-state index in [1.807, 2.05) is 54.5 Å². The minimum atomic E-state index is -0.198. The highest BCUT2D eigenvalue weighted by Crippen LogP contribution is 2.28. The molecule has 0 aliphatic carbocycles. The number of hydrogen-bond acceptors (Lipinski definition) is 5. The average molecular weight is 529 g/mol. The van der Waals surface area contributed by atoms with Gasteiger partial charge in [0.05, 0.1) is 20.8 Å². The van der Waals surface area contributed by atoms with Crippen molar-refractivity contribution in [1.29, 1.82) is 0 Å². The molecule has 3 rings (SSSR count). The molecular formula is C28H33ClN2O4S. The number of methoxy groups -OCH3 is 2. The highest BCUT2D eigenvalue weighted by molar-refractivity contribution is 7.09. The molecule has 6 nitrogen and oxygen atoms in total. The molecule has 0 spiro atoms. The molecule has 1 aromatic heterocycles. The van der Waals surface area contributed by atoms with Crippen LogP contribution in [0.5, 0.6) is 11.5 Å². The fourth-order valence-corrected chi connectivity index (χ4v) is 4.77. The molecule has 1 atom stereocenters. The first-order valence-corrected chi connectivity index (χ1v) is 13.2. The molecule has 0 saturated carbocycles. The van der Waals surface area contributed by atoms with Crippen LogP contribution < -0.4 is 9.47 Å². The van der Waals surface area contributed by atoms with Gasteiger partial charge in [0.25, 0.3) is 5.91 Å². The van der Waals surface area contributed by atoms with Crippen molar-refractivity contribution in [1.82, 2.24) is 9.80 Å². The van der Waals surface area contributed by atoms with Gasteiger partial charge in [0.2, 0.25) is 5.91 Å². The Morgan fingerprint density at radius 2 is 1.81 bits per heavy atom. The van der Waals surface area contributed by atoms with Crippen LogP contribution >= 0.6 is 22.9 Å². The lowest BCUT2D eigenvalue weighted by Gasteiger charge is -2.31. The maximum Gasteiger partial charge on any atom is 0.254 e. The average Bonchev–Trinajstić information content (AvgIpc) is 3.41. The van der Waals surface area contributed by atoms with E-state index >= 15 is 0 Å². The zero-order valence-electron chi connectivity index (χ0n) is 21.2. The molecule has 192 valence electrons. The summed E-state index contributed by atoms with van der Waals surface area (Å²) in [5.41, 5.74) is 1.51. The third kappa shape index (κ3) is 7.24. The molecule has 0 fully saturated rings. The van der Waals surface area contributed by atoms with Gasteiger partial charge in [-0.3, -0.25) is 9.59 Å². The number of hydrogen-bond donors (Lipinski definition) is 0. The number of nitrogens with zero attached hydrogens (tertiary/aromatic N) is 2. The van der Waals surface area contributed by atoms with Crippen LogP contribution in [0.3, 0.4) is 0 Å². The summed E-state index contributed by atoms with van der Waals surface area (Å²) in [5, 5.41) is 2.49. The summed E-state index contributed by atoms with van der Waals surface area (Å²) in [7, 11) is 3.21. The van der Waals surface area contributed by atoms with Gasteiger partial charge in [-0.05, 0) is 67.1 Å². The molecule has 1 heterocycles. The maximum atomic E-state index is 13.6. The highest BCUT2D eigenvalue weighted by Gasteiger charge is 2.26. The maximum absolute atomic E-state index is 13.6. The number of ether oxygens (including phenoxy) is 2. The summed E-state index contributed by atoms with van der Waals surface area (Å²) >= 11 is 7.73. The van der Waals surface area contributed by atoms with Crippen molar-refractivity contribution in [3.05, 3.63) is 81.0 Å². The minimum Gasteiger partial charge on any atom is -0.493 e. The molecular weight excluding hydrogens is 496 g/mol. The minimum absolute atomic E-state index is 0.00232. The molecule has 0 saturated heterocycles. The summed E-state index contributed by atoms with van der Waals surface area (Å²) < 4.78 is 10.8. The number of carbonyl (C=O) groups excluding carboxylic acids is 2. The van der Waals surface area contributed by atoms with Gasteiger partial charge in [0.15, 0.2) is 11.5 Å². The van der Waals surface area contributed by atoms with E-state index in [0.717, 1.165) is 16.9 Å². The predicted molar refractivity (Wildman–Crippen MR) is 145 cm³/mol. The Balaban J connectivity index is 1.80. The topological polar surface area (TPSA) is 59.1 Å². The van der Waals surface area contributed by atoms with E-state index in [1.54, 1.807) is 54.7 Å². The van der Waals surface area contributed by atoms with Crippen molar-refractivity contribution >= 4 is 34.8 Å². The number of amides is 2. The Morgan fingerprint density at radius 1 is 1.03 bits per heavy atom. The zero-order valence-corrected chi connectivity index (χ0v) is 22.8. The predicted octanol–water partition coefficient (Wildman–Crippen LogP) is 5.93. The second-order valence-electron chi connectivity index (χ2n) is 8.53. The van der Waals surface area contributed by atoms with Gasteiger partial charge in [-0.1, -0.05) is 36.7 Å². The van der Waals surface area contributed by atoms with Gasteiger partial charge in [-0.2, -0.15) is 0 Å². The lowest BCUT2D eigenvalue weighted by molar-refractivity contribution is -0.132. The second kappa shape index (κ2) is 13.3. The summed E-state index contributed by atoms with van der Waals surface area (Å²) in [6, 6.07) is 16.5. The van der Waals surface area contributed by atoms with Gasteiger partial charge in [0.1, 0.15) is 6.54 Å². The van der Waals surface area contributed by atoms with E-state index in [2.05, 4.69) is 0 Å². The van der Waals surface area contributed by atoms with Crippen LogP contribution in [0.2, 0.25) is 5.02 Å². The molecule has 2 aromatic carbocycles. The third-order valence-electron chi connectivity index (χ3n) is 6.16. The monoisotopic (exact) mass is 528 g/mol. The van der Waals surface area contributed by atoms with Gasteiger partial charge in [-0.15, -0.1) is 11.3 Å². The molecule has 8 heteroatoms. The molecule has 0 aliphatic heterocycles. The van der Waals surface area contributed by atoms with Crippen LogP contribution in [-0.2, 0) is 17.8 Å². The third-order valence-corrected chi connectivity index (χ3v) is 7.26. The lowest BCUT2D eigenvalue weighted by Crippen LogP contribution is -2.46. The Morgan fingerprint density at radius 3 is 2.44 bits per heavy atom. The number of thiophene rings is 1. The largest absolute Gasteiger partial charge is 0.493 e. The second-order valence-corrected chi connectivity index (χ2v) is 10.0. The quantitative estimate of drug-likeness (QED) is 0.292. The van der Waals surface area contributed by atoms with E-state index in [0.29, 0.717) is 41.6 Å². The first-order valence-electron chi connectivity index (χ1n) is 11.9. The summed E-state index contributed by atoms with van der Waals surface area (Å²) in [6.07, 6.45) is 1.37. The first-order chi connectivity index (χ1) is 17.4. The summed E-state index contributed by atoms with van der Waals surface area (Å²) in [4.78, 5) is 31.5. The van der Waals surface area contributed by atoms with Crippen molar-refractivity contribution < 1.29 is 19.1 Å². The van der Waals surface area contributed by atoms with Gasteiger partial charge in [-0.25, -0.2) is 0 Å². The number of halogens is 1. The number of rotatable bonds is 12. The molecule has 0 bridgehead atoms. The van der Waals surface area contributed by atoms with E-state index in [-0.39, 0.29) is 24.4 Å². The van der Waals surface area contributed by atoms with Crippen LogP contribution in [0.25, 0.3) is 0 Å². The van der Waals surface area contributed by atoms with Crippen LogP contribution in [0.1, 0.15) is 41.1 Å². The van der Waals surface area contributed by atoms with Crippen molar-refractivity contribution in [2.24, 2.45) is 0 Å². The Labute approximate surface area is 222 Å². The molecule has 2 amide bonds. The summed E-state index contributed by atoms with van der Waals surface area (Å²) in [6.45, 7) is 4.96. The van der Waals surface area contributed by atoms with Crippen molar-refractivity contribution in [2.75, 3.05) is 27.3 Å². The van der Waals surface area contributed by atoms with Gasteiger partial charge in [0, 0.05) is 28.0 Å². The van der Waals surface area contributed by atoms with Crippen LogP contribution in [0.4, 0.5) is 0 Å². The van der Waals surface area contributed by atoms with Crippen molar-refractivity contribution in [2.45, 2.75) is 39.3 Å². The number of carbonyl (C=O) groups is 2. The van der Waals surface area contributed by atoms with E-state index in [4.69, 9.17) is 21.1 Å². The van der Waals surface area contributed by atoms with E-state index < -0.39 is 0 Å². The van der Waals surface area contributed by atoms with Crippen molar-refractivity contribution in [3.8, 4) is 11.5 Å². The standard InChI is InChI=1S/C28H33ClN2O4S/c1-5-20(2)31(28(33)22-8-6-9-23(29)17-22)19-27(32)30(18-24-10-7-15-36-24)14-13-21-11-12-25(34-3)26(16-21)35-4/h6-12,15-17,20H,5,13-14,18-19H2,1-4H3. The molecule has 3 aromatic rings. The molecule has 0 radical (unpaired) electrons.